The normalized spacial score (nSPS) is 11.4. The number of rotatable bonds is 7. The third kappa shape index (κ3) is 4.16. The molecule has 0 heterocycles. The molecule has 0 saturated heterocycles. The maximum Gasteiger partial charge on any atom is 0.500 e. The SMILES string of the molecule is CO[Si](CCCC(=O)NO)(OC)OC. The third-order valence-corrected chi connectivity index (χ3v) is 4.78. The van der Waals surface area contributed by atoms with Crippen LogP contribution >= 0.6 is 0 Å². The summed E-state index contributed by atoms with van der Waals surface area (Å²) in [5.41, 5.74) is 1.56. The van der Waals surface area contributed by atoms with Gasteiger partial charge in [-0.1, -0.05) is 0 Å². The summed E-state index contributed by atoms with van der Waals surface area (Å²) >= 11 is 0. The average molecular weight is 223 g/mol. The molecule has 0 aromatic heterocycles. The van der Waals surface area contributed by atoms with Crippen LogP contribution in [-0.2, 0) is 18.1 Å². The van der Waals surface area contributed by atoms with Crippen LogP contribution < -0.4 is 5.48 Å². The fourth-order valence-electron chi connectivity index (χ4n) is 1.08. The van der Waals surface area contributed by atoms with Crippen LogP contribution in [-0.4, -0.2) is 41.2 Å². The summed E-state index contributed by atoms with van der Waals surface area (Å²) in [7, 11) is 2.00. The predicted octanol–water partition coefficient (Wildman–Crippen LogP) is 0.150. The summed E-state index contributed by atoms with van der Waals surface area (Å²) in [5.74, 6) is -0.420. The Morgan fingerprint density at radius 3 is 2.14 bits per heavy atom. The van der Waals surface area contributed by atoms with Crippen molar-refractivity contribution in [1.29, 1.82) is 0 Å². The van der Waals surface area contributed by atoms with Crippen molar-refractivity contribution < 1.29 is 23.3 Å². The highest BCUT2D eigenvalue weighted by Gasteiger charge is 2.36. The summed E-state index contributed by atoms with van der Waals surface area (Å²) in [4.78, 5) is 10.7. The van der Waals surface area contributed by atoms with E-state index in [1.54, 1.807) is 5.48 Å². The van der Waals surface area contributed by atoms with E-state index in [1.165, 1.54) is 21.3 Å². The van der Waals surface area contributed by atoms with Gasteiger partial charge in [-0.3, -0.25) is 10.0 Å². The number of hydroxylamine groups is 1. The van der Waals surface area contributed by atoms with Gasteiger partial charge in [-0.2, -0.15) is 0 Å². The van der Waals surface area contributed by atoms with Crippen molar-refractivity contribution in [3.8, 4) is 0 Å². The first kappa shape index (κ1) is 13.5. The second-order valence-electron chi connectivity index (χ2n) is 2.68. The molecule has 0 aromatic carbocycles. The molecule has 0 unspecified atom stereocenters. The molecule has 0 bridgehead atoms. The van der Waals surface area contributed by atoms with Crippen LogP contribution in [0.25, 0.3) is 0 Å². The number of nitrogens with one attached hydrogen (secondary N) is 1. The van der Waals surface area contributed by atoms with Crippen molar-refractivity contribution in [2.24, 2.45) is 0 Å². The maximum atomic E-state index is 10.7. The van der Waals surface area contributed by atoms with E-state index in [0.29, 0.717) is 12.5 Å². The molecule has 0 atom stereocenters. The van der Waals surface area contributed by atoms with Crippen molar-refractivity contribution >= 4 is 14.7 Å². The number of hydrogen-bond acceptors (Lipinski definition) is 5. The van der Waals surface area contributed by atoms with Crippen LogP contribution in [0.5, 0.6) is 0 Å². The molecule has 0 aliphatic rings. The van der Waals surface area contributed by atoms with Gasteiger partial charge in [0, 0.05) is 33.8 Å². The minimum absolute atomic E-state index is 0.224. The molecule has 0 saturated carbocycles. The van der Waals surface area contributed by atoms with E-state index in [2.05, 4.69) is 0 Å². The van der Waals surface area contributed by atoms with Gasteiger partial charge in [0.25, 0.3) is 0 Å². The fourth-order valence-corrected chi connectivity index (χ4v) is 2.80. The molecule has 0 spiro atoms. The van der Waals surface area contributed by atoms with Gasteiger partial charge in [-0.25, -0.2) is 5.48 Å². The fraction of sp³-hybridized carbons (Fsp3) is 0.857. The van der Waals surface area contributed by atoms with Crippen molar-refractivity contribution in [2.45, 2.75) is 18.9 Å². The Morgan fingerprint density at radius 1 is 1.29 bits per heavy atom. The van der Waals surface area contributed by atoms with Crippen molar-refractivity contribution in [3.63, 3.8) is 0 Å². The van der Waals surface area contributed by atoms with E-state index in [0.717, 1.165) is 0 Å². The Morgan fingerprint density at radius 2 is 1.79 bits per heavy atom. The lowest BCUT2D eigenvalue weighted by Crippen LogP contribution is -2.42. The highest BCUT2D eigenvalue weighted by molar-refractivity contribution is 6.60. The molecule has 84 valence electrons. The third-order valence-electron chi connectivity index (χ3n) is 1.94. The monoisotopic (exact) mass is 223 g/mol. The van der Waals surface area contributed by atoms with Gasteiger partial charge < -0.3 is 13.3 Å². The van der Waals surface area contributed by atoms with Gasteiger partial charge >= 0.3 is 8.80 Å². The Bertz CT molecular complexity index is 165. The highest BCUT2D eigenvalue weighted by Crippen LogP contribution is 2.15. The first-order valence-corrected chi connectivity index (χ1v) is 6.15. The average Bonchev–Trinajstić information content (AvgIpc) is 2.25. The number of carbonyl (C=O) groups is 1. The Balaban J connectivity index is 3.88. The molecule has 0 aromatic rings. The highest BCUT2D eigenvalue weighted by atomic mass is 28.4. The van der Waals surface area contributed by atoms with E-state index in [9.17, 15) is 4.79 Å². The van der Waals surface area contributed by atoms with Gasteiger partial charge in [0.1, 0.15) is 0 Å². The largest absolute Gasteiger partial charge is 0.500 e. The molecular formula is C7H17NO5Si. The van der Waals surface area contributed by atoms with Gasteiger partial charge in [-0.05, 0) is 6.42 Å². The zero-order valence-corrected chi connectivity index (χ0v) is 9.70. The second-order valence-corrected chi connectivity index (χ2v) is 5.77. The van der Waals surface area contributed by atoms with E-state index in [4.69, 9.17) is 18.5 Å². The zero-order valence-electron chi connectivity index (χ0n) is 8.70. The second kappa shape index (κ2) is 6.90. The molecule has 6 nitrogen and oxygen atoms in total. The molecule has 1 amide bonds. The Labute approximate surface area is 84.5 Å². The molecule has 14 heavy (non-hydrogen) atoms. The molecule has 0 fully saturated rings. The first-order chi connectivity index (χ1) is 6.64. The number of carbonyl (C=O) groups excluding carboxylic acids is 1. The lowest BCUT2D eigenvalue weighted by atomic mass is 10.3. The van der Waals surface area contributed by atoms with E-state index in [1.807, 2.05) is 0 Å². The van der Waals surface area contributed by atoms with E-state index in [-0.39, 0.29) is 6.42 Å². The molecule has 2 N–H and O–H groups in total. The molecule has 0 aliphatic carbocycles. The van der Waals surface area contributed by atoms with E-state index < -0.39 is 14.7 Å². The Kier molecular flexibility index (Phi) is 6.67. The Hall–Kier alpha value is -0.473. The topological polar surface area (TPSA) is 77.0 Å². The van der Waals surface area contributed by atoms with Gasteiger partial charge in [-0.15, -0.1) is 0 Å². The van der Waals surface area contributed by atoms with Crippen molar-refractivity contribution in [2.75, 3.05) is 21.3 Å². The zero-order chi connectivity index (χ0) is 11.0. The summed E-state index contributed by atoms with van der Waals surface area (Å²) < 4.78 is 15.5. The van der Waals surface area contributed by atoms with Crippen LogP contribution in [0.2, 0.25) is 6.04 Å². The minimum atomic E-state index is -2.56. The van der Waals surface area contributed by atoms with Gasteiger partial charge in [0.2, 0.25) is 5.91 Å². The summed E-state index contributed by atoms with van der Waals surface area (Å²) in [6.45, 7) is 0. The van der Waals surface area contributed by atoms with Crippen molar-refractivity contribution in [3.05, 3.63) is 0 Å². The molecule has 7 heteroatoms. The lowest BCUT2D eigenvalue weighted by Gasteiger charge is -2.23. The van der Waals surface area contributed by atoms with Crippen LogP contribution in [0.3, 0.4) is 0 Å². The van der Waals surface area contributed by atoms with Crippen LogP contribution in [0, 0.1) is 0 Å². The van der Waals surface area contributed by atoms with Crippen LogP contribution in [0.1, 0.15) is 12.8 Å². The van der Waals surface area contributed by atoms with Crippen molar-refractivity contribution in [1.82, 2.24) is 5.48 Å². The quantitative estimate of drug-likeness (QED) is 0.365. The van der Waals surface area contributed by atoms with Crippen LogP contribution in [0.15, 0.2) is 0 Å². The van der Waals surface area contributed by atoms with E-state index >= 15 is 0 Å². The minimum Gasteiger partial charge on any atom is -0.377 e. The van der Waals surface area contributed by atoms with Gasteiger partial charge in [0.15, 0.2) is 0 Å². The molecule has 0 radical (unpaired) electrons. The molecular weight excluding hydrogens is 206 g/mol. The smallest absolute Gasteiger partial charge is 0.377 e. The van der Waals surface area contributed by atoms with Crippen LogP contribution in [0.4, 0.5) is 0 Å². The summed E-state index contributed by atoms with van der Waals surface area (Å²) in [6.07, 6.45) is 0.773. The molecule has 0 aliphatic heterocycles. The number of amides is 1. The maximum absolute atomic E-state index is 10.7. The predicted molar refractivity (Wildman–Crippen MR) is 50.8 cm³/mol. The summed E-state index contributed by atoms with van der Waals surface area (Å²) in [6, 6.07) is 0.546. The molecule has 0 rings (SSSR count). The lowest BCUT2D eigenvalue weighted by molar-refractivity contribution is -0.129. The standard InChI is InChI=1S/C7H17NO5Si/c1-11-14(12-2,13-3)6-4-5-7(9)8-10/h10H,4-6H2,1-3H3,(H,8,9). The van der Waals surface area contributed by atoms with Gasteiger partial charge in [0.05, 0.1) is 0 Å². The first-order valence-electron chi connectivity index (χ1n) is 4.22. The summed E-state index contributed by atoms with van der Waals surface area (Å²) in [5, 5.41) is 8.25. The number of hydrogen-bond donors (Lipinski definition) is 2.